The van der Waals surface area contributed by atoms with Crippen molar-refractivity contribution in [1.82, 2.24) is 5.32 Å². The number of nitrogens with two attached hydrogens (primary N) is 1. The van der Waals surface area contributed by atoms with Crippen molar-refractivity contribution in [1.29, 1.82) is 5.26 Å². The predicted molar refractivity (Wildman–Crippen MR) is 115 cm³/mol. The molecule has 0 radical (unpaired) electrons. The van der Waals surface area contributed by atoms with Crippen LogP contribution in [-0.4, -0.2) is 17.9 Å². The van der Waals surface area contributed by atoms with E-state index < -0.39 is 17.4 Å². The minimum Gasteiger partial charge on any atom is -0.368 e. The lowest BCUT2D eigenvalue weighted by Gasteiger charge is -2.31. The molecule has 5 nitrogen and oxygen atoms in total. The molecule has 3 aromatic rings. The molecule has 150 valence electrons. The number of nitrogens with one attached hydrogen (secondary N) is 1. The summed E-state index contributed by atoms with van der Waals surface area (Å²) >= 11 is 0. The minimum atomic E-state index is -0.999. The molecule has 0 aliphatic rings. The normalized spacial score (nSPS) is 11.9. The Morgan fingerprint density at radius 1 is 0.933 bits per heavy atom. The zero-order chi connectivity index (χ0) is 21.6. The van der Waals surface area contributed by atoms with Crippen LogP contribution in [0.15, 0.2) is 84.9 Å². The van der Waals surface area contributed by atoms with Crippen molar-refractivity contribution in [3.05, 3.63) is 107 Å². The Morgan fingerprint density at radius 3 is 1.87 bits per heavy atom. The summed E-state index contributed by atoms with van der Waals surface area (Å²) in [6, 6.07) is 26.9. The molecule has 3 aromatic carbocycles. The maximum Gasteiger partial charge on any atom is 0.240 e. The van der Waals surface area contributed by atoms with Gasteiger partial charge in [-0.1, -0.05) is 72.8 Å². The average molecular weight is 397 g/mol. The first-order valence-corrected chi connectivity index (χ1v) is 9.65. The van der Waals surface area contributed by atoms with Gasteiger partial charge in [0, 0.05) is 6.42 Å². The number of primary amides is 1. The molecule has 1 atom stereocenters. The lowest BCUT2D eigenvalue weighted by molar-refractivity contribution is -0.129. The van der Waals surface area contributed by atoms with Crippen LogP contribution in [-0.2, 0) is 21.4 Å². The van der Waals surface area contributed by atoms with E-state index in [2.05, 4.69) is 11.4 Å². The lowest BCUT2D eigenvalue weighted by Crippen LogP contribution is -2.52. The second kappa shape index (κ2) is 9.06. The van der Waals surface area contributed by atoms with Crippen molar-refractivity contribution < 1.29 is 9.59 Å². The topological polar surface area (TPSA) is 96.0 Å². The molecule has 0 saturated carbocycles. The summed E-state index contributed by atoms with van der Waals surface area (Å²) in [5, 5.41) is 11.8. The maximum absolute atomic E-state index is 13.5. The van der Waals surface area contributed by atoms with Gasteiger partial charge >= 0.3 is 0 Å². The van der Waals surface area contributed by atoms with E-state index in [4.69, 9.17) is 11.0 Å². The standard InChI is InChI=1S/C25H23N3O2/c1-25(20-8-4-2-5-9-20,21-10-6-3-7-11-21)24(30)28-22(23(27)29)16-18-12-14-19(17-26)15-13-18/h2-15,22H,16H2,1H3,(H2,27,29)(H,28,30)/t22-/m0/s1. The molecule has 2 amide bonds. The van der Waals surface area contributed by atoms with Gasteiger partial charge in [-0.3, -0.25) is 9.59 Å². The van der Waals surface area contributed by atoms with Crippen LogP contribution in [0.25, 0.3) is 0 Å². The largest absolute Gasteiger partial charge is 0.368 e. The lowest BCUT2D eigenvalue weighted by atomic mass is 9.75. The number of rotatable bonds is 7. The summed E-state index contributed by atoms with van der Waals surface area (Å²) in [5.74, 6) is -0.923. The first-order chi connectivity index (χ1) is 14.4. The van der Waals surface area contributed by atoms with E-state index in [1.807, 2.05) is 67.6 Å². The number of amides is 2. The van der Waals surface area contributed by atoms with Gasteiger partial charge in [0.25, 0.3) is 0 Å². The van der Waals surface area contributed by atoms with Gasteiger partial charge in [-0.05, 0) is 35.7 Å². The summed E-state index contributed by atoms with van der Waals surface area (Å²) in [5.41, 5.74) is 7.57. The van der Waals surface area contributed by atoms with Gasteiger partial charge in [0.2, 0.25) is 11.8 Å². The Labute approximate surface area is 176 Å². The highest BCUT2D eigenvalue weighted by Gasteiger charge is 2.38. The number of carbonyl (C=O) groups is 2. The Balaban J connectivity index is 1.91. The molecule has 30 heavy (non-hydrogen) atoms. The van der Waals surface area contributed by atoms with Crippen LogP contribution in [0, 0.1) is 11.3 Å². The maximum atomic E-state index is 13.5. The molecule has 0 unspecified atom stereocenters. The average Bonchev–Trinajstić information content (AvgIpc) is 2.79. The molecule has 0 aliphatic heterocycles. The molecule has 5 heteroatoms. The molecule has 3 N–H and O–H groups in total. The van der Waals surface area contributed by atoms with Crippen LogP contribution in [0.4, 0.5) is 0 Å². The monoisotopic (exact) mass is 397 g/mol. The first-order valence-electron chi connectivity index (χ1n) is 9.65. The molecule has 0 bridgehead atoms. The summed E-state index contributed by atoms with van der Waals surface area (Å²) in [6.45, 7) is 1.84. The van der Waals surface area contributed by atoms with Crippen molar-refractivity contribution in [2.45, 2.75) is 24.8 Å². The summed E-state index contributed by atoms with van der Waals surface area (Å²) in [6.07, 6.45) is 0.243. The van der Waals surface area contributed by atoms with E-state index in [0.717, 1.165) is 16.7 Å². The first kappa shape index (κ1) is 20.8. The fraction of sp³-hybridized carbons (Fsp3) is 0.160. The summed E-state index contributed by atoms with van der Waals surface area (Å²) in [4.78, 5) is 25.6. The zero-order valence-electron chi connectivity index (χ0n) is 16.7. The number of nitrogens with zero attached hydrogens (tertiary/aromatic N) is 1. The van der Waals surface area contributed by atoms with E-state index >= 15 is 0 Å². The van der Waals surface area contributed by atoms with Gasteiger partial charge in [-0.15, -0.1) is 0 Å². The molecular formula is C25H23N3O2. The highest BCUT2D eigenvalue weighted by Crippen LogP contribution is 2.32. The minimum absolute atomic E-state index is 0.243. The van der Waals surface area contributed by atoms with Crippen LogP contribution in [0.5, 0.6) is 0 Å². The number of benzene rings is 3. The third kappa shape index (κ3) is 4.39. The van der Waals surface area contributed by atoms with Crippen molar-refractivity contribution in [2.24, 2.45) is 5.73 Å². The van der Waals surface area contributed by atoms with Gasteiger partial charge in [-0.25, -0.2) is 0 Å². The SMILES string of the molecule is CC(C(=O)N[C@@H](Cc1ccc(C#N)cc1)C(N)=O)(c1ccccc1)c1ccccc1. The van der Waals surface area contributed by atoms with E-state index in [1.165, 1.54) is 0 Å². The van der Waals surface area contributed by atoms with Gasteiger partial charge < -0.3 is 11.1 Å². The van der Waals surface area contributed by atoms with E-state index in [0.29, 0.717) is 5.56 Å². The van der Waals surface area contributed by atoms with E-state index in [-0.39, 0.29) is 12.3 Å². The van der Waals surface area contributed by atoms with Gasteiger partial charge in [0.15, 0.2) is 0 Å². The van der Waals surface area contributed by atoms with E-state index in [9.17, 15) is 9.59 Å². The second-order valence-electron chi connectivity index (χ2n) is 7.30. The fourth-order valence-electron chi connectivity index (χ4n) is 3.45. The molecule has 0 heterocycles. The number of nitriles is 1. The Hall–Kier alpha value is -3.91. The van der Waals surface area contributed by atoms with Crippen LogP contribution in [0.2, 0.25) is 0 Å². The third-order valence-electron chi connectivity index (χ3n) is 5.33. The van der Waals surface area contributed by atoms with Crippen LogP contribution in [0.1, 0.15) is 29.2 Å². The molecule has 0 aromatic heterocycles. The molecule has 0 spiro atoms. The smallest absolute Gasteiger partial charge is 0.240 e. The Bertz CT molecular complexity index is 1020. The quantitative estimate of drug-likeness (QED) is 0.641. The van der Waals surface area contributed by atoms with Crippen molar-refractivity contribution in [2.75, 3.05) is 0 Å². The molecule has 3 rings (SSSR count). The van der Waals surface area contributed by atoms with E-state index in [1.54, 1.807) is 24.3 Å². The molecule has 0 saturated heterocycles. The Morgan fingerprint density at radius 2 is 1.43 bits per heavy atom. The van der Waals surface area contributed by atoms with Gasteiger partial charge in [0.05, 0.1) is 17.0 Å². The Kier molecular flexibility index (Phi) is 6.29. The number of hydrogen-bond donors (Lipinski definition) is 2. The van der Waals surface area contributed by atoms with Crippen molar-refractivity contribution >= 4 is 11.8 Å². The highest BCUT2D eigenvalue weighted by atomic mass is 16.2. The van der Waals surface area contributed by atoms with Gasteiger partial charge in [-0.2, -0.15) is 5.26 Å². The summed E-state index contributed by atoms with van der Waals surface area (Å²) < 4.78 is 0. The van der Waals surface area contributed by atoms with Crippen LogP contribution >= 0.6 is 0 Å². The predicted octanol–water partition coefficient (Wildman–Crippen LogP) is 3.08. The van der Waals surface area contributed by atoms with Crippen LogP contribution < -0.4 is 11.1 Å². The summed E-state index contributed by atoms with van der Waals surface area (Å²) in [7, 11) is 0. The third-order valence-corrected chi connectivity index (χ3v) is 5.33. The number of carbonyl (C=O) groups excluding carboxylic acids is 2. The molecular weight excluding hydrogens is 374 g/mol. The zero-order valence-corrected chi connectivity index (χ0v) is 16.7. The number of hydrogen-bond acceptors (Lipinski definition) is 3. The molecule has 0 fully saturated rings. The fourth-order valence-corrected chi connectivity index (χ4v) is 3.45. The highest BCUT2D eigenvalue weighted by molar-refractivity contribution is 5.95. The van der Waals surface area contributed by atoms with Gasteiger partial charge in [0.1, 0.15) is 6.04 Å². The molecule has 0 aliphatic carbocycles. The van der Waals surface area contributed by atoms with Crippen molar-refractivity contribution in [3.63, 3.8) is 0 Å². The van der Waals surface area contributed by atoms with Crippen LogP contribution in [0.3, 0.4) is 0 Å². The second-order valence-corrected chi connectivity index (χ2v) is 7.30. The van der Waals surface area contributed by atoms with Crippen molar-refractivity contribution in [3.8, 4) is 6.07 Å².